The lowest BCUT2D eigenvalue weighted by Crippen LogP contribution is -2.22. The highest BCUT2D eigenvalue weighted by atomic mass is 16.5. The molecule has 0 radical (unpaired) electrons. The fourth-order valence-electron chi connectivity index (χ4n) is 3.39. The minimum atomic E-state index is -0.0813. The van der Waals surface area contributed by atoms with E-state index >= 15 is 0 Å². The molecule has 3 aromatic heterocycles. The first-order valence-electron chi connectivity index (χ1n) is 9.79. The van der Waals surface area contributed by atoms with Gasteiger partial charge >= 0.3 is 0 Å². The van der Waals surface area contributed by atoms with E-state index in [1.165, 1.54) is 7.11 Å². The molecule has 0 aromatic carbocycles. The molecule has 1 amide bonds. The molecule has 1 aliphatic heterocycles. The molecule has 4 rings (SSSR count). The van der Waals surface area contributed by atoms with Crippen LogP contribution < -0.4 is 14.4 Å². The number of anilines is 1. The number of nitrogens with zero attached hydrogens (tertiary/aromatic N) is 6. The zero-order valence-electron chi connectivity index (χ0n) is 17.8. The topological polar surface area (TPSA) is 85.6 Å². The van der Waals surface area contributed by atoms with E-state index in [1.807, 2.05) is 35.0 Å². The first-order chi connectivity index (χ1) is 15.0. The summed E-state index contributed by atoms with van der Waals surface area (Å²) in [7, 11) is 5.05. The minimum Gasteiger partial charge on any atom is -0.491 e. The maximum Gasteiger partial charge on any atom is 0.260 e. The van der Waals surface area contributed by atoms with Crippen molar-refractivity contribution in [3.05, 3.63) is 60.8 Å². The summed E-state index contributed by atoms with van der Waals surface area (Å²) >= 11 is 0. The highest BCUT2D eigenvalue weighted by molar-refractivity contribution is 6.09. The van der Waals surface area contributed by atoms with E-state index in [0.717, 1.165) is 23.5 Å². The molecule has 0 fully saturated rings. The molecule has 9 nitrogen and oxygen atoms in total. The summed E-state index contributed by atoms with van der Waals surface area (Å²) in [4.78, 5) is 25.6. The van der Waals surface area contributed by atoms with Crippen LogP contribution >= 0.6 is 0 Å². The van der Waals surface area contributed by atoms with E-state index in [1.54, 1.807) is 36.7 Å². The van der Waals surface area contributed by atoms with Crippen molar-refractivity contribution in [2.45, 2.75) is 13.1 Å². The Kier molecular flexibility index (Phi) is 5.57. The predicted octanol–water partition coefficient (Wildman–Crippen LogP) is 2.59. The van der Waals surface area contributed by atoms with Gasteiger partial charge in [0, 0.05) is 31.5 Å². The average Bonchev–Trinajstić information content (AvgIpc) is 3.40. The third kappa shape index (κ3) is 3.94. The van der Waals surface area contributed by atoms with Gasteiger partial charge in [-0.15, -0.1) is 0 Å². The van der Waals surface area contributed by atoms with Crippen LogP contribution in [0.3, 0.4) is 0 Å². The van der Waals surface area contributed by atoms with Gasteiger partial charge in [-0.05, 0) is 24.4 Å². The van der Waals surface area contributed by atoms with Gasteiger partial charge < -0.3 is 14.4 Å². The third-order valence-electron chi connectivity index (χ3n) is 5.21. The summed E-state index contributed by atoms with van der Waals surface area (Å²) in [6.45, 7) is 5.61. The number of hydrogen-bond acceptors (Lipinski definition) is 7. The van der Waals surface area contributed by atoms with Crippen LogP contribution in [0.5, 0.6) is 11.6 Å². The van der Waals surface area contributed by atoms with Crippen LogP contribution in [0.1, 0.15) is 16.1 Å². The smallest absolute Gasteiger partial charge is 0.260 e. The zero-order chi connectivity index (χ0) is 22.0. The number of amides is 1. The fraction of sp³-hybridized carbons (Fsp3) is 0.273. The molecule has 0 saturated heterocycles. The molecule has 0 spiro atoms. The SMILES string of the molecule is C=CN(C)CCn1cc(N2Cc3nc(-c4cnc(OC)c(OC)c4)ccc3C2=O)cn1. The van der Waals surface area contributed by atoms with E-state index in [2.05, 4.69) is 16.7 Å². The van der Waals surface area contributed by atoms with Crippen LogP contribution in [0.2, 0.25) is 0 Å². The summed E-state index contributed by atoms with van der Waals surface area (Å²) in [5, 5.41) is 4.37. The summed E-state index contributed by atoms with van der Waals surface area (Å²) in [5.74, 6) is 0.849. The Balaban J connectivity index is 1.55. The Labute approximate surface area is 180 Å². The maximum atomic E-state index is 12.9. The number of pyridine rings is 2. The number of methoxy groups -OCH3 is 2. The van der Waals surface area contributed by atoms with Gasteiger partial charge in [-0.25, -0.2) is 4.98 Å². The molecule has 4 heterocycles. The Hall–Kier alpha value is -3.88. The first kappa shape index (κ1) is 20.4. The monoisotopic (exact) mass is 420 g/mol. The first-order valence-corrected chi connectivity index (χ1v) is 9.79. The van der Waals surface area contributed by atoms with Crippen molar-refractivity contribution in [2.24, 2.45) is 0 Å². The molecule has 1 aliphatic rings. The summed E-state index contributed by atoms with van der Waals surface area (Å²) < 4.78 is 12.3. The summed E-state index contributed by atoms with van der Waals surface area (Å²) in [6.07, 6.45) is 7.02. The molecular weight excluding hydrogens is 396 g/mol. The van der Waals surface area contributed by atoms with E-state index < -0.39 is 0 Å². The Morgan fingerprint density at radius 2 is 2.10 bits per heavy atom. The Morgan fingerprint density at radius 1 is 1.26 bits per heavy atom. The summed E-state index contributed by atoms with van der Waals surface area (Å²) in [5.41, 5.74) is 3.56. The van der Waals surface area contributed by atoms with E-state index in [-0.39, 0.29) is 5.91 Å². The van der Waals surface area contributed by atoms with Crippen LogP contribution in [0.25, 0.3) is 11.3 Å². The molecule has 3 aromatic rings. The molecule has 0 saturated carbocycles. The van der Waals surface area contributed by atoms with Gasteiger partial charge in [0.2, 0.25) is 0 Å². The zero-order valence-corrected chi connectivity index (χ0v) is 17.8. The van der Waals surface area contributed by atoms with Crippen molar-refractivity contribution in [3.8, 4) is 22.9 Å². The molecule has 0 unspecified atom stereocenters. The van der Waals surface area contributed by atoms with Crippen LogP contribution in [-0.2, 0) is 13.1 Å². The normalized spacial score (nSPS) is 12.6. The van der Waals surface area contributed by atoms with Crippen molar-refractivity contribution < 1.29 is 14.3 Å². The second kappa shape index (κ2) is 8.47. The van der Waals surface area contributed by atoms with Gasteiger partial charge in [0.05, 0.1) is 56.1 Å². The number of fused-ring (bicyclic) bond motifs is 1. The fourth-order valence-corrected chi connectivity index (χ4v) is 3.39. The van der Waals surface area contributed by atoms with Crippen LogP contribution in [-0.4, -0.2) is 58.4 Å². The van der Waals surface area contributed by atoms with Crippen molar-refractivity contribution in [1.29, 1.82) is 0 Å². The molecule has 0 N–H and O–H groups in total. The molecule has 160 valence electrons. The van der Waals surface area contributed by atoms with E-state index in [4.69, 9.17) is 14.5 Å². The standard InChI is InChI=1S/C22H24N6O3/c1-5-26(2)8-9-27-13-16(12-24-27)28-14-19-17(22(28)29)6-7-18(25-19)15-10-20(30-3)21(31-4)23-11-15/h5-7,10-13H,1,8-9,14H2,2-4H3. The van der Waals surface area contributed by atoms with Gasteiger partial charge in [0.15, 0.2) is 5.75 Å². The highest BCUT2D eigenvalue weighted by Crippen LogP contribution is 2.32. The minimum absolute atomic E-state index is 0.0813. The van der Waals surface area contributed by atoms with Crippen LogP contribution in [0.4, 0.5) is 5.69 Å². The van der Waals surface area contributed by atoms with Crippen molar-refractivity contribution in [3.63, 3.8) is 0 Å². The van der Waals surface area contributed by atoms with Crippen molar-refractivity contribution in [2.75, 3.05) is 32.7 Å². The van der Waals surface area contributed by atoms with Gasteiger partial charge in [-0.3, -0.25) is 19.4 Å². The number of likely N-dealkylation sites (N-methyl/N-ethyl adjacent to an activating group) is 1. The number of rotatable bonds is 8. The van der Waals surface area contributed by atoms with Gasteiger partial charge in [0.25, 0.3) is 11.8 Å². The number of ether oxygens (including phenoxy) is 2. The van der Waals surface area contributed by atoms with Gasteiger partial charge in [0.1, 0.15) is 0 Å². The quantitative estimate of drug-likeness (QED) is 0.554. The van der Waals surface area contributed by atoms with Gasteiger partial charge in [-0.1, -0.05) is 6.58 Å². The van der Waals surface area contributed by atoms with Crippen molar-refractivity contribution in [1.82, 2.24) is 24.6 Å². The largest absolute Gasteiger partial charge is 0.491 e. The molecule has 0 bridgehead atoms. The number of carbonyl (C=O) groups is 1. The second-order valence-electron chi connectivity index (χ2n) is 7.14. The number of carbonyl (C=O) groups excluding carboxylic acids is 1. The third-order valence-corrected chi connectivity index (χ3v) is 5.21. The average molecular weight is 420 g/mol. The van der Waals surface area contributed by atoms with E-state index in [9.17, 15) is 4.79 Å². The maximum absolute atomic E-state index is 12.9. The molecule has 0 atom stereocenters. The highest BCUT2D eigenvalue weighted by Gasteiger charge is 2.31. The lowest BCUT2D eigenvalue weighted by molar-refractivity contribution is 0.0996. The lowest BCUT2D eigenvalue weighted by Gasteiger charge is -2.13. The molecule has 0 aliphatic carbocycles. The van der Waals surface area contributed by atoms with Gasteiger partial charge in [-0.2, -0.15) is 5.10 Å². The predicted molar refractivity (Wildman–Crippen MR) is 116 cm³/mol. The molecule has 9 heteroatoms. The lowest BCUT2D eigenvalue weighted by atomic mass is 10.1. The van der Waals surface area contributed by atoms with Crippen molar-refractivity contribution >= 4 is 11.6 Å². The Bertz CT molecular complexity index is 1130. The Morgan fingerprint density at radius 3 is 2.84 bits per heavy atom. The molecular formula is C22H24N6O3. The van der Waals surface area contributed by atoms with E-state index in [0.29, 0.717) is 36.0 Å². The number of aromatic nitrogens is 4. The summed E-state index contributed by atoms with van der Waals surface area (Å²) in [6, 6.07) is 5.44. The number of hydrogen-bond donors (Lipinski definition) is 0. The van der Waals surface area contributed by atoms with Crippen LogP contribution in [0, 0.1) is 0 Å². The second-order valence-corrected chi connectivity index (χ2v) is 7.14. The van der Waals surface area contributed by atoms with Crippen LogP contribution in [0.15, 0.2) is 49.6 Å². The molecule has 31 heavy (non-hydrogen) atoms.